The van der Waals surface area contributed by atoms with Crippen molar-refractivity contribution >= 4 is 43.2 Å². The lowest BCUT2D eigenvalue weighted by Gasteiger charge is -2.11. The molecule has 2 rings (SSSR count). The fraction of sp³-hybridized carbons (Fsp3) is 0.545. The van der Waals surface area contributed by atoms with Crippen molar-refractivity contribution in [1.82, 2.24) is 10.0 Å². The summed E-state index contributed by atoms with van der Waals surface area (Å²) in [4.78, 5) is 11.6. The van der Waals surface area contributed by atoms with Crippen molar-refractivity contribution < 1.29 is 13.2 Å². The number of carbonyl (C=O) groups excluding carboxylic acids is 1. The first kappa shape index (κ1) is 15.9. The molecule has 0 radical (unpaired) electrons. The maximum atomic E-state index is 11.9. The Morgan fingerprint density at radius 2 is 2.20 bits per heavy atom. The summed E-state index contributed by atoms with van der Waals surface area (Å²) in [5.74, 6) is 0.121. The third kappa shape index (κ3) is 4.52. The summed E-state index contributed by atoms with van der Waals surface area (Å²) in [5, 5.41) is 2.64. The Bertz CT molecular complexity index is 583. The van der Waals surface area contributed by atoms with Crippen LogP contribution in [-0.2, 0) is 14.8 Å². The van der Waals surface area contributed by atoms with Crippen LogP contribution in [0, 0.1) is 5.92 Å². The van der Waals surface area contributed by atoms with Crippen molar-refractivity contribution in [2.45, 2.75) is 23.1 Å². The molecule has 1 aliphatic carbocycles. The molecular formula is C11H16BrN3O3S2. The number of halogens is 1. The predicted octanol–water partition coefficient (Wildman–Crippen LogP) is 0.642. The smallest absolute Gasteiger partial charge is 0.250 e. The molecule has 9 heteroatoms. The summed E-state index contributed by atoms with van der Waals surface area (Å²) in [6, 6.07) is 3.09. The van der Waals surface area contributed by atoms with Crippen molar-refractivity contribution in [2.75, 3.05) is 13.1 Å². The van der Waals surface area contributed by atoms with Crippen LogP contribution in [0.2, 0.25) is 0 Å². The van der Waals surface area contributed by atoms with Crippen LogP contribution in [0.15, 0.2) is 20.1 Å². The first-order valence-electron chi connectivity index (χ1n) is 6.16. The predicted molar refractivity (Wildman–Crippen MR) is 80.9 cm³/mol. The van der Waals surface area contributed by atoms with E-state index in [-0.39, 0.29) is 22.7 Å². The monoisotopic (exact) mass is 381 g/mol. The Morgan fingerprint density at radius 1 is 1.50 bits per heavy atom. The van der Waals surface area contributed by atoms with Gasteiger partial charge in [0.15, 0.2) is 0 Å². The van der Waals surface area contributed by atoms with Crippen LogP contribution in [-0.4, -0.2) is 33.5 Å². The standard InChI is InChI=1S/C11H16BrN3O3S2/c12-9-3-4-11(19-9)20(17,18)15-6-10(16)14-5-8(13)7-1-2-7/h3-4,7-8,15H,1-2,5-6,13H2,(H,14,16). The molecule has 0 saturated heterocycles. The zero-order valence-electron chi connectivity index (χ0n) is 10.6. The second-order valence-corrected chi connectivity index (χ2v) is 9.15. The Labute approximate surface area is 130 Å². The van der Waals surface area contributed by atoms with E-state index in [1.54, 1.807) is 6.07 Å². The lowest BCUT2D eigenvalue weighted by Crippen LogP contribution is -2.43. The van der Waals surface area contributed by atoms with E-state index in [0.29, 0.717) is 12.5 Å². The maximum absolute atomic E-state index is 11.9. The quantitative estimate of drug-likeness (QED) is 0.644. The number of amides is 1. The van der Waals surface area contributed by atoms with Gasteiger partial charge in [0, 0.05) is 12.6 Å². The Balaban J connectivity index is 1.77. The number of nitrogens with one attached hydrogen (secondary N) is 2. The van der Waals surface area contributed by atoms with E-state index in [2.05, 4.69) is 26.0 Å². The van der Waals surface area contributed by atoms with Gasteiger partial charge < -0.3 is 11.1 Å². The minimum Gasteiger partial charge on any atom is -0.353 e. The zero-order chi connectivity index (χ0) is 14.8. The van der Waals surface area contributed by atoms with Crippen LogP contribution >= 0.6 is 27.3 Å². The molecule has 1 aliphatic rings. The van der Waals surface area contributed by atoms with Crippen LogP contribution in [0.3, 0.4) is 0 Å². The number of carbonyl (C=O) groups is 1. The molecule has 4 N–H and O–H groups in total. The SMILES string of the molecule is NC(CNC(=O)CNS(=O)(=O)c1ccc(Br)s1)C1CC1. The van der Waals surface area contributed by atoms with Crippen molar-refractivity contribution in [2.24, 2.45) is 11.7 Å². The van der Waals surface area contributed by atoms with Gasteiger partial charge in [-0.15, -0.1) is 11.3 Å². The molecule has 1 amide bonds. The van der Waals surface area contributed by atoms with Gasteiger partial charge in [-0.25, -0.2) is 13.1 Å². The van der Waals surface area contributed by atoms with Crippen LogP contribution < -0.4 is 15.8 Å². The van der Waals surface area contributed by atoms with E-state index >= 15 is 0 Å². The van der Waals surface area contributed by atoms with Crippen molar-refractivity contribution in [3.8, 4) is 0 Å². The van der Waals surface area contributed by atoms with E-state index in [9.17, 15) is 13.2 Å². The van der Waals surface area contributed by atoms with Crippen LogP contribution in [0.4, 0.5) is 0 Å². The summed E-state index contributed by atoms with van der Waals surface area (Å²) < 4.78 is 26.9. The first-order chi connectivity index (χ1) is 9.38. The topological polar surface area (TPSA) is 101 Å². The van der Waals surface area contributed by atoms with Gasteiger partial charge in [-0.1, -0.05) is 0 Å². The molecule has 1 fully saturated rings. The molecule has 1 aromatic rings. The second-order valence-electron chi connectivity index (χ2n) is 4.69. The summed E-state index contributed by atoms with van der Waals surface area (Å²) in [7, 11) is -3.63. The lowest BCUT2D eigenvalue weighted by atomic mass is 10.2. The average molecular weight is 382 g/mol. The fourth-order valence-corrected chi connectivity index (χ4v) is 4.70. The fourth-order valence-electron chi connectivity index (χ4n) is 1.66. The van der Waals surface area contributed by atoms with Crippen molar-refractivity contribution in [3.63, 3.8) is 0 Å². The van der Waals surface area contributed by atoms with Gasteiger partial charge in [-0.2, -0.15) is 0 Å². The highest BCUT2D eigenvalue weighted by atomic mass is 79.9. The van der Waals surface area contributed by atoms with Crippen LogP contribution in [0.1, 0.15) is 12.8 Å². The summed E-state index contributed by atoms with van der Waals surface area (Å²) >= 11 is 4.29. The molecule has 0 aliphatic heterocycles. The van der Waals surface area contributed by atoms with Gasteiger partial charge in [-0.05, 0) is 46.8 Å². The van der Waals surface area contributed by atoms with Crippen LogP contribution in [0.5, 0.6) is 0 Å². The number of hydrogen-bond donors (Lipinski definition) is 3. The Morgan fingerprint density at radius 3 is 2.75 bits per heavy atom. The molecule has 1 atom stereocenters. The highest BCUT2D eigenvalue weighted by molar-refractivity contribution is 9.11. The number of hydrogen-bond acceptors (Lipinski definition) is 5. The van der Waals surface area contributed by atoms with Gasteiger partial charge in [0.1, 0.15) is 4.21 Å². The van der Waals surface area contributed by atoms with Gasteiger partial charge in [-0.3, -0.25) is 4.79 Å². The third-order valence-electron chi connectivity index (χ3n) is 3.00. The van der Waals surface area contributed by atoms with Gasteiger partial charge in [0.2, 0.25) is 5.91 Å². The van der Waals surface area contributed by atoms with E-state index in [1.807, 2.05) is 0 Å². The maximum Gasteiger partial charge on any atom is 0.250 e. The van der Waals surface area contributed by atoms with Crippen molar-refractivity contribution in [3.05, 3.63) is 15.9 Å². The van der Waals surface area contributed by atoms with Gasteiger partial charge in [0.05, 0.1) is 10.3 Å². The molecule has 0 bridgehead atoms. The first-order valence-corrected chi connectivity index (χ1v) is 9.25. The van der Waals surface area contributed by atoms with E-state index < -0.39 is 10.0 Å². The molecule has 20 heavy (non-hydrogen) atoms. The molecule has 1 aromatic heterocycles. The van der Waals surface area contributed by atoms with Crippen LogP contribution in [0.25, 0.3) is 0 Å². The van der Waals surface area contributed by atoms with E-state index in [1.165, 1.54) is 6.07 Å². The molecule has 0 spiro atoms. The number of sulfonamides is 1. The minimum absolute atomic E-state index is 0.0381. The third-order valence-corrected chi connectivity index (χ3v) is 6.52. The Hall–Kier alpha value is -0.480. The number of thiophene rings is 1. The molecular weight excluding hydrogens is 366 g/mol. The minimum atomic E-state index is -3.63. The highest BCUT2D eigenvalue weighted by Crippen LogP contribution is 2.31. The second kappa shape index (κ2) is 6.52. The summed E-state index contributed by atoms with van der Waals surface area (Å²) in [5.41, 5.74) is 5.85. The van der Waals surface area contributed by atoms with Gasteiger partial charge in [0.25, 0.3) is 10.0 Å². The number of nitrogens with two attached hydrogens (primary N) is 1. The Kier molecular flexibility index (Phi) is 5.19. The lowest BCUT2D eigenvalue weighted by molar-refractivity contribution is -0.120. The molecule has 1 saturated carbocycles. The van der Waals surface area contributed by atoms with E-state index in [4.69, 9.17) is 5.73 Å². The highest BCUT2D eigenvalue weighted by Gasteiger charge is 2.28. The summed E-state index contributed by atoms with van der Waals surface area (Å²) in [6.07, 6.45) is 2.22. The largest absolute Gasteiger partial charge is 0.353 e. The average Bonchev–Trinajstić information content (AvgIpc) is 3.15. The molecule has 112 valence electrons. The zero-order valence-corrected chi connectivity index (χ0v) is 13.9. The molecule has 6 nitrogen and oxygen atoms in total. The van der Waals surface area contributed by atoms with Gasteiger partial charge >= 0.3 is 0 Å². The molecule has 1 heterocycles. The summed E-state index contributed by atoms with van der Waals surface area (Å²) in [6.45, 7) is 0.102. The van der Waals surface area contributed by atoms with E-state index in [0.717, 1.165) is 28.0 Å². The molecule has 1 unspecified atom stereocenters. The number of rotatable bonds is 7. The molecule has 0 aromatic carbocycles. The van der Waals surface area contributed by atoms with Crippen molar-refractivity contribution in [1.29, 1.82) is 0 Å². The normalized spacial score (nSPS) is 16.9.